The Bertz CT molecular complexity index is 101. The molecule has 9 heavy (non-hydrogen) atoms. The molecular formula is C4H8N2NaO2. The van der Waals surface area contributed by atoms with Crippen LogP contribution < -0.4 is 11.5 Å². The van der Waals surface area contributed by atoms with Crippen molar-refractivity contribution in [2.75, 3.05) is 0 Å². The summed E-state index contributed by atoms with van der Waals surface area (Å²) in [6.45, 7) is 0. The molecule has 4 nitrogen and oxygen atoms in total. The minimum Gasteiger partial charge on any atom is -0.370 e. The molecule has 0 unspecified atom stereocenters. The summed E-state index contributed by atoms with van der Waals surface area (Å²) in [4.78, 5) is 19.8. The van der Waals surface area contributed by atoms with Crippen molar-refractivity contribution in [1.82, 2.24) is 0 Å². The van der Waals surface area contributed by atoms with E-state index in [-0.39, 0.29) is 42.4 Å². The number of carbonyl (C=O) groups is 2. The topological polar surface area (TPSA) is 86.2 Å². The van der Waals surface area contributed by atoms with Crippen LogP contribution in [0.5, 0.6) is 0 Å². The van der Waals surface area contributed by atoms with Gasteiger partial charge in [-0.15, -0.1) is 0 Å². The van der Waals surface area contributed by atoms with Crippen molar-refractivity contribution in [3.63, 3.8) is 0 Å². The number of nitrogens with two attached hydrogens (primary N) is 2. The Morgan fingerprint density at radius 2 is 1.22 bits per heavy atom. The van der Waals surface area contributed by atoms with Gasteiger partial charge in [-0.25, -0.2) is 0 Å². The number of carbonyl (C=O) groups excluding carboxylic acids is 2. The Hall–Kier alpha value is -0.0600. The third-order valence-corrected chi connectivity index (χ3v) is 0.618. The number of hydrogen-bond acceptors (Lipinski definition) is 2. The second-order valence-electron chi connectivity index (χ2n) is 1.43. The zero-order valence-electron chi connectivity index (χ0n) is 5.39. The fourth-order valence-electron chi connectivity index (χ4n) is 0.246. The quantitative estimate of drug-likeness (QED) is 0.459. The Kier molecular flexibility index (Phi) is 7.89. The van der Waals surface area contributed by atoms with Gasteiger partial charge in [-0.1, -0.05) is 0 Å². The summed E-state index contributed by atoms with van der Waals surface area (Å²) in [6.07, 6.45) is 0.102. The fourth-order valence-corrected chi connectivity index (χ4v) is 0.246. The molecule has 0 saturated carbocycles. The van der Waals surface area contributed by atoms with Crippen LogP contribution in [-0.4, -0.2) is 41.4 Å². The molecule has 0 aromatic heterocycles. The molecule has 0 heterocycles. The molecule has 0 fully saturated rings. The summed E-state index contributed by atoms with van der Waals surface area (Å²) in [5, 5.41) is 0. The van der Waals surface area contributed by atoms with E-state index < -0.39 is 11.8 Å². The van der Waals surface area contributed by atoms with Crippen LogP contribution >= 0.6 is 0 Å². The third-order valence-electron chi connectivity index (χ3n) is 0.618. The molecule has 4 N–H and O–H groups in total. The average Bonchev–Trinajstić information content (AvgIpc) is 1.61. The van der Waals surface area contributed by atoms with Gasteiger partial charge in [0.05, 0.1) is 0 Å². The molecule has 1 radical (unpaired) electrons. The van der Waals surface area contributed by atoms with Gasteiger partial charge in [0.25, 0.3) is 0 Å². The van der Waals surface area contributed by atoms with Crippen LogP contribution in [-0.2, 0) is 9.59 Å². The predicted octanol–water partition coefficient (Wildman–Crippen LogP) is -1.64. The second kappa shape index (κ2) is 6.07. The smallest absolute Gasteiger partial charge is 0.217 e. The SMILES string of the molecule is NC(=O)CCC(N)=O.[Na]. The zero-order valence-corrected chi connectivity index (χ0v) is 7.39. The van der Waals surface area contributed by atoms with E-state index in [4.69, 9.17) is 11.5 Å². The van der Waals surface area contributed by atoms with Crippen molar-refractivity contribution in [2.45, 2.75) is 12.8 Å². The molecular weight excluding hydrogens is 131 g/mol. The molecule has 0 atom stereocenters. The maximum absolute atomic E-state index is 9.92. The largest absolute Gasteiger partial charge is 0.370 e. The first-order chi connectivity index (χ1) is 3.63. The first-order valence-corrected chi connectivity index (χ1v) is 2.19. The maximum Gasteiger partial charge on any atom is 0.217 e. The van der Waals surface area contributed by atoms with E-state index in [2.05, 4.69) is 0 Å². The van der Waals surface area contributed by atoms with E-state index in [0.717, 1.165) is 0 Å². The fraction of sp³-hybridized carbons (Fsp3) is 0.500. The van der Waals surface area contributed by atoms with Crippen molar-refractivity contribution < 1.29 is 9.59 Å². The summed E-state index contributed by atoms with van der Waals surface area (Å²) in [5.74, 6) is -0.993. The number of rotatable bonds is 3. The second-order valence-corrected chi connectivity index (χ2v) is 1.43. The van der Waals surface area contributed by atoms with Crippen molar-refractivity contribution in [2.24, 2.45) is 11.5 Å². The van der Waals surface area contributed by atoms with Crippen molar-refractivity contribution in [3.8, 4) is 0 Å². The van der Waals surface area contributed by atoms with Crippen LogP contribution in [0, 0.1) is 0 Å². The van der Waals surface area contributed by atoms with Crippen LogP contribution in [0.2, 0.25) is 0 Å². The van der Waals surface area contributed by atoms with Gasteiger partial charge in [-0.05, 0) is 0 Å². The molecule has 2 amide bonds. The molecule has 0 aliphatic heterocycles. The Morgan fingerprint density at radius 3 is 1.33 bits per heavy atom. The summed E-state index contributed by atoms with van der Waals surface area (Å²) in [5.41, 5.74) is 9.39. The van der Waals surface area contributed by atoms with E-state index in [0.29, 0.717) is 0 Å². The Balaban J connectivity index is 0. The van der Waals surface area contributed by atoms with Crippen LogP contribution in [0.1, 0.15) is 12.8 Å². The maximum atomic E-state index is 9.92. The van der Waals surface area contributed by atoms with E-state index in [9.17, 15) is 9.59 Å². The molecule has 47 valence electrons. The summed E-state index contributed by atoms with van der Waals surface area (Å²) in [6, 6.07) is 0. The molecule has 5 heteroatoms. The normalized spacial score (nSPS) is 7.56. The Morgan fingerprint density at radius 1 is 1.00 bits per heavy atom. The zero-order chi connectivity index (χ0) is 6.57. The number of hydrogen-bond donors (Lipinski definition) is 2. The van der Waals surface area contributed by atoms with Crippen molar-refractivity contribution in [1.29, 1.82) is 0 Å². The van der Waals surface area contributed by atoms with Crippen LogP contribution in [0.15, 0.2) is 0 Å². The van der Waals surface area contributed by atoms with Gasteiger partial charge in [0, 0.05) is 42.4 Å². The molecule has 0 aliphatic carbocycles. The number of primary amides is 2. The standard InChI is InChI=1S/C4H8N2O2.Na/c5-3(7)1-2-4(6)8;/h1-2H2,(H2,5,7)(H2,6,8);. The first kappa shape index (κ1) is 11.7. The minimum atomic E-state index is -0.496. The van der Waals surface area contributed by atoms with E-state index in [1.165, 1.54) is 0 Å². The predicted molar refractivity (Wildman–Crippen MR) is 33.4 cm³/mol. The van der Waals surface area contributed by atoms with Gasteiger partial charge in [-0.3, -0.25) is 9.59 Å². The van der Waals surface area contributed by atoms with E-state index >= 15 is 0 Å². The van der Waals surface area contributed by atoms with Crippen molar-refractivity contribution >= 4 is 41.4 Å². The molecule has 0 bridgehead atoms. The van der Waals surface area contributed by atoms with E-state index in [1.54, 1.807) is 0 Å². The van der Waals surface area contributed by atoms with E-state index in [1.807, 2.05) is 0 Å². The van der Waals surface area contributed by atoms with Crippen LogP contribution in [0.4, 0.5) is 0 Å². The van der Waals surface area contributed by atoms with Gasteiger partial charge >= 0.3 is 0 Å². The monoisotopic (exact) mass is 139 g/mol. The minimum absolute atomic E-state index is 0. The molecule has 0 aromatic carbocycles. The molecule has 0 aromatic rings. The first-order valence-electron chi connectivity index (χ1n) is 2.19. The average molecular weight is 139 g/mol. The van der Waals surface area contributed by atoms with Crippen LogP contribution in [0.3, 0.4) is 0 Å². The molecule has 0 saturated heterocycles. The van der Waals surface area contributed by atoms with Gasteiger partial charge in [0.2, 0.25) is 11.8 Å². The summed E-state index contributed by atoms with van der Waals surface area (Å²) >= 11 is 0. The third kappa shape index (κ3) is 11.5. The molecule has 0 spiro atoms. The van der Waals surface area contributed by atoms with Crippen molar-refractivity contribution in [3.05, 3.63) is 0 Å². The molecule has 0 aliphatic rings. The van der Waals surface area contributed by atoms with Gasteiger partial charge in [0.15, 0.2) is 0 Å². The van der Waals surface area contributed by atoms with Gasteiger partial charge < -0.3 is 11.5 Å². The van der Waals surface area contributed by atoms with Gasteiger partial charge in [-0.2, -0.15) is 0 Å². The summed E-state index contributed by atoms with van der Waals surface area (Å²) in [7, 11) is 0. The van der Waals surface area contributed by atoms with Crippen LogP contribution in [0.25, 0.3) is 0 Å². The Labute approximate surface area is 75.3 Å². The molecule has 0 rings (SSSR count). The summed E-state index contributed by atoms with van der Waals surface area (Å²) < 4.78 is 0. The van der Waals surface area contributed by atoms with Gasteiger partial charge in [0.1, 0.15) is 0 Å². The number of amides is 2.